The molecule has 0 fully saturated rings. The Morgan fingerprint density at radius 2 is 1.94 bits per heavy atom. The second-order valence-electron chi connectivity index (χ2n) is 3.72. The maximum atomic E-state index is 12.5. The zero-order valence-corrected chi connectivity index (χ0v) is 10.0. The van der Waals surface area contributed by atoms with Gasteiger partial charge in [0.25, 0.3) is 0 Å². The molecule has 1 aromatic heterocycles. The van der Waals surface area contributed by atoms with Crippen molar-refractivity contribution in [2.24, 2.45) is 0 Å². The van der Waals surface area contributed by atoms with Crippen molar-refractivity contribution in [3.8, 4) is 0 Å². The first-order valence-corrected chi connectivity index (χ1v) is 5.82. The lowest BCUT2D eigenvalue weighted by atomic mass is 10.1. The predicted octanol–water partition coefficient (Wildman–Crippen LogP) is 3.90. The normalized spacial score (nSPS) is 11.8. The molecule has 0 saturated heterocycles. The predicted molar refractivity (Wildman–Crippen MR) is 66.0 cm³/mol. The van der Waals surface area contributed by atoms with Crippen LogP contribution in [0, 0.1) is 0 Å². The van der Waals surface area contributed by atoms with Crippen molar-refractivity contribution in [2.75, 3.05) is 17.7 Å². The molecule has 6 heteroatoms. The maximum absolute atomic E-state index is 12.5. The summed E-state index contributed by atoms with van der Waals surface area (Å²) in [6, 6.07) is 6.72. The van der Waals surface area contributed by atoms with Gasteiger partial charge in [0.2, 0.25) is 0 Å². The molecule has 0 saturated carbocycles. The standard InChI is InChI=1S/C12H10ClF3N2/c13-5-6-17-11-4-1-8-7-9(12(14,15)16)2-3-10(8)18-11/h1-4,7H,5-6H2,(H,17,18). The number of hydrogen-bond acceptors (Lipinski definition) is 2. The maximum Gasteiger partial charge on any atom is 0.416 e. The molecule has 1 aromatic carbocycles. The van der Waals surface area contributed by atoms with E-state index in [1.54, 1.807) is 12.1 Å². The van der Waals surface area contributed by atoms with Crippen LogP contribution in [0.25, 0.3) is 10.9 Å². The van der Waals surface area contributed by atoms with Gasteiger partial charge in [-0.2, -0.15) is 13.2 Å². The fraction of sp³-hybridized carbons (Fsp3) is 0.250. The van der Waals surface area contributed by atoms with E-state index >= 15 is 0 Å². The first-order valence-electron chi connectivity index (χ1n) is 5.28. The van der Waals surface area contributed by atoms with Crippen LogP contribution in [0.1, 0.15) is 5.56 Å². The van der Waals surface area contributed by atoms with Crippen molar-refractivity contribution in [3.05, 3.63) is 35.9 Å². The molecule has 18 heavy (non-hydrogen) atoms. The Hall–Kier alpha value is -1.49. The minimum Gasteiger partial charge on any atom is -0.369 e. The highest BCUT2D eigenvalue weighted by Gasteiger charge is 2.30. The Balaban J connectivity index is 2.36. The summed E-state index contributed by atoms with van der Waals surface area (Å²) >= 11 is 5.53. The average Bonchev–Trinajstić information content (AvgIpc) is 2.34. The van der Waals surface area contributed by atoms with Gasteiger partial charge >= 0.3 is 6.18 Å². The zero-order valence-electron chi connectivity index (χ0n) is 9.26. The van der Waals surface area contributed by atoms with Gasteiger partial charge in [-0.1, -0.05) is 0 Å². The Kier molecular flexibility index (Phi) is 3.61. The average molecular weight is 275 g/mol. The van der Waals surface area contributed by atoms with Crippen molar-refractivity contribution in [3.63, 3.8) is 0 Å². The van der Waals surface area contributed by atoms with E-state index in [4.69, 9.17) is 11.6 Å². The van der Waals surface area contributed by atoms with Gasteiger partial charge in [-0.15, -0.1) is 11.6 Å². The van der Waals surface area contributed by atoms with E-state index in [1.807, 2.05) is 0 Å². The molecular weight excluding hydrogens is 265 g/mol. The van der Waals surface area contributed by atoms with Crippen molar-refractivity contribution in [2.45, 2.75) is 6.18 Å². The minimum atomic E-state index is -4.33. The van der Waals surface area contributed by atoms with E-state index in [1.165, 1.54) is 6.07 Å². The molecule has 0 amide bonds. The van der Waals surface area contributed by atoms with Gasteiger partial charge in [0.15, 0.2) is 0 Å². The fourth-order valence-electron chi connectivity index (χ4n) is 1.58. The number of pyridine rings is 1. The topological polar surface area (TPSA) is 24.9 Å². The highest BCUT2D eigenvalue weighted by molar-refractivity contribution is 6.18. The smallest absolute Gasteiger partial charge is 0.369 e. The summed E-state index contributed by atoms with van der Waals surface area (Å²) in [6.07, 6.45) is -4.33. The van der Waals surface area contributed by atoms with Crippen LogP contribution < -0.4 is 5.32 Å². The molecule has 0 atom stereocenters. The van der Waals surface area contributed by atoms with Gasteiger partial charge in [0, 0.05) is 17.8 Å². The van der Waals surface area contributed by atoms with Gasteiger partial charge in [0.05, 0.1) is 11.1 Å². The van der Waals surface area contributed by atoms with Crippen LogP contribution in [0.4, 0.5) is 19.0 Å². The van der Waals surface area contributed by atoms with Crippen molar-refractivity contribution in [1.29, 1.82) is 0 Å². The Morgan fingerprint density at radius 1 is 1.17 bits per heavy atom. The van der Waals surface area contributed by atoms with E-state index in [-0.39, 0.29) is 0 Å². The quantitative estimate of drug-likeness (QED) is 0.859. The van der Waals surface area contributed by atoms with E-state index < -0.39 is 11.7 Å². The summed E-state index contributed by atoms with van der Waals surface area (Å²) < 4.78 is 37.5. The number of aromatic nitrogens is 1. The number of halogens is 4. The molecule has 0 aliphatic carbocycles. The SMILES string of the molecule is FC(F)(F)c1ccc2nc(NCCCl)ccc2c1. The highest BCUT2D eigenvalue weighted by Crippen LogP contribution is 2.31. The largest absolute Gasteiger partial charge is 0.416 e. The van der Waals surface area contributed by atoms with E-state index in [0.717, 1.165) is 12.1 Å². The molecule has 0 aliphatic rings. The molecule has 0 unspecified atom stereocenters. The lowest BCUT2D eigenvalue weighted by Crippen LogP contribution is -2.05. The molecule has 1 heterocycles. The summed E-state index contributed by atoms with van der Waals surface area (Å²) in [4.78, 5) is 4.20. The van der Waals surface area contributed by atoms with E-state index in [9.17, 15) is 13.2 Å². The Bertz CT molecular complexity index is 555. The molecule has 96 valence electrons. The van der Waals surface area contributed by atoms with Crippen LogP contribution in [0.3, 0.4) is 0 Å². The number of nitrogens with zero attached hydrogens (tertiary/aromatic N) is 1. The first-order chi connectivity index (χ1) is 8.50. The number of fused-ring (bicyclic) bond motifs is 1. The molecule has 2 nitrogen and oxygen atoms in total. The van der Waals surface area contributed by atoms with Gasteiger partial charge < -0.3 is 5.32 Å². The molecule has 0 aliphatic heterocycles. The van der Waals surface area contributed by atoms with Crippen molar-refractivity contribution < 1.29 is 13.2 Å². The van der Waals surface area contributed by atoms with Crippen LogP contribution >= 0.6 is 11.6 Å². The van der Waals surface area contributed by atoms with Gasteiger partial charge in [-0.25, -0.2) is 4.98 Å². The molecule has 1 N–H and O–H groups in total. The Labute approximate surface area is 107 Å². The molecular formula is C12H10ClF3N2. The molecule has 0 spiro atoms. The molecule has 0 radical (unpaired) electrons. The molecule has 2 rings (SSSR count). The number of benzene rings is 1. The molecule has 0 bridgehead atoms. The zero-order chi connectivity index (χ0) is 13.2. The summed E-state index contributed by atoms with van der Waals surface area (Å²) in [7, 11) is 0. The summed E-state index contributed by atoms with van der Waals surface area (Å²) in [5.74, 6) is 1.04. The monoisotopic (exact) mass is 274 g/mol. The summed E-state index contributed by atoms with van der Waals surface area (Å²) in [5, 5.41) is 3.43. The third-order valence-electron chi connectivity index (χ3n) is 2.42. The van der Waals surface area contributed by atoms with Gasteiger partial charge in [0.1, 0.15) is 5.82 Å². The lowest BCUT2D eigenvalue weighted by Gasteiger charge is -2.08. The van der Waals surface area contributed by atoms with Crippen LogP contribution in [0.15, 0.2) is 30.3 Å². The number of rotatable bonds is 3. The van der Waals surface area contributed by atoms with Crippen LogP contribution in [-0.2, 0) is 6.18 Å². The third kappa shape index (κ3) is 2.85. The van der Waals surface area contributed by atoms with E-state index in [2.05, 4.69) is 10.3 Å². The van der Waals surface area contributed by atoms with Gasteiger partial charge in [-0.3, -0.25) is 0 Å². The van der Waals surface area contributed by atoms with Crippen molar-refractivity contribution >= 4 is 28.3 Å². The first kappa shape index (κ1) is 13.0. The fourth-order valence-corrected chi connectivity index (χ4v) is 1.67. The van der Waals surface area contributed by atoms with Gasteiger partial charge in [-0.05, 0) is 30.3 Å². The minimum absolute atomic E-state index is 0.437. The van der Waals surface area contributed by atoms with Crippen molar-refractivity contribution in [1.82, 2.24) is 4.98 Å². The third-order valence-corrected chi connectivity index (χ3v) is 2.61. The number of hydrogen-bond donors (Lipinski definition) is 1. The summed E-state index contributed by atoms with van der Waals surface area (Å²) in [6.45, 7) is 0.556. The van der Waals surface area contributed by atoms with E-state index in [0.29, 0.717) is 29.1 Å². The van der Waals surface area contributed by atoms with Crippen LogP contribution in [0.5, 0.6) is 0 Å². The molecule has 2 aromatic rings. The second kappa shape index (κ2) is 5.02. The summed E-state index contributed by atoms with van der Waals surface area (Å²) in [5.41, 5.74) is -0.152. The number of anilines is 1. The number of nitrogens with one attached hydrogen (secondary N) is 1. The Morgan fingerprint density at radius 3 is 2.61 bits per heavy atom. The van der Waals surface area contributed by atoms with Crippen LogP contribution in [-0.4, -0.2) is 17.4 Å². The number of alkyl halides is 4. The second-order valence-corrected chi connectivity index (χ2v) is 4.10. The lowest BCUT2D eigenvalue weighted by molar-refractivity contribution is -0.137. The van der Waals surface area contributed by atoms with Crippen LogP contribution in [0.2, 0.25) is 0 Å². The highest BCUT2D eigenvalue weighted by atomic mass is 35.5.